The van der Waals surface area contributed by atoms with Gasteiger partial charge in [0.2, 0.25) is 0 Å². The molecule has 0 unspecified atom stereocenters. The maximum absolute atomic E-state index is 12.1. The Kier molecular flexibility index (Phi) is 10.4. The van der Waals surface area contributed by atoms with Crippen molar-refractivity contribution in [3.05, 3.63) is 180 Å². The van der Waals surface area contributed by atoms with E-state index in [2.05, 4.69) is 126 Å². The molecule has 0 radical (unpaired) electrons. The minimum atomic E-state index is -2.77. The number of fused-ring (bicyclic) bond motifs is 3. The quantitative estimate of drug-likeness (QED) is 0.198. The van der Waals surface area contributed by atoms with Crippen molar-refractivity contribution in [3.8, 4) is 11.1 Å². The van der Waals surface area contributed by atoms with Crippen molar-refractivity contribution < 1.29 is 15.7 Å². The zero-order valence-electron chi connectivity index (χ0n) is 23.8. The third-order valence-electron chi connectivity index (χ3n) is 7.46. The summed E-state index contributed by atoms with van der Waals surface area (Å²) in [6.45, 7) is 0. The number of rotatable bonds is 5. The average molecular weight is 639 g/mol. The second-order valence-electron chi connectivity index (χ2n) is 9.83. The van der Waals surface area contributed by atoms with Gasteiger partial charge < -0.3 is 21.4 Å². The maximum atomic E-state index is 12.1. The molecule has 0 atom stereocenters. The molecular weight excluding hydrogens is 607 g/mol. The van der Waals surface area contributed by atoms with Gasteiger partial charge in [-0.2, -0.15) is 6.01 Å². The first-order chi connectivity index (χ1) is 20.7. The van der Waals surface area contributed by atoms with Gasteiger partial charge in [0.15, 0.2) is 5.78 Å². The van der Waals surface area contributed by atoms with Crippen LogP contribution in [0.5, 0.6) is 0 Å². The van der Waals surface area contributed by atoms with E-state index in [4.69, 9.17) is 5.41 Å². The summed E-state index contributed by atoms with van der Waals surface area (Å²) >= 11 is -2.77. The Hall–Kier alpha value is -5.15. The molecule has 7 rings (SSSR count). The Morgan fingerprint density at radius 1 is 0.455 bits per heavy atom. The predicted octanol–water partition coefficient (Wildman–Crippen LogP) is 4.69. The molecule has 0 aromatic heterocycles. The Labute approximate surface area is 259 Å². The molecule has 6 aromatic carbocycles. The van der Waals surface area contributed by atoms with Crippen LogP contribution < -0.4 is 17.4 Å². The number of nitrogens with zero attached hydrogens (tertiary/aromatic N) is 2. The number of ketones is 1. The van der Waals surface area contributed by atoms with Crippen LogP contribution in [0.15, 0.2) is 169 Å². The number of carbonyl (C=O) groups is 1. The summed E-state index contributed by atoms with van der Waals surface area (Å²) in [7, 11) is 0. The molecule has 0 aliphatic heterocycles. The van der Waals surface area contributed by atoms with Gasteiger partial charge in [-0.1, -0.05) is 36.4 Å². The molecule has 0 amide bonds. The van der Waals surface area contributed by atoms with E-state index in [0.29, 0.717) is 11.3 Å². The van der Waals surface area contributed by atoms with Gasteiger partial charge >= 0.3 is 152 Å². The van der Waals surface area contributed by atoms with Gasteiger partial charge in [-0.3, -0.25) is 4.79 Å². The zero-order chi connectivity index (χ0) is 28.8. The van der Waals surface area contributed by atoms with Crippen molar-refractivity contribution in [2.45, 2.75) is 0 Å². The van der Waals surface area contributed by atoms with Crippen LogP contribution in [-0.4, -0.2) is 36.3 Å². The van der Waals surface area contributed by atoms with Crippen LogP contribution in [-0.2, 0) is 0 Å². The van der Waals surface area contributed by atoms with E-state index < -0.39 is 13.6 Å². The summed E-state index contributed by atoms with van der Waals surface area (Å²) in [4.78, 5) is 15.8. The molecule has 5 nitrogen and oxygen atoms in total. The van der Waals surface area contributed by atoms with Crippen LogP contribution in [0.4, 0.5) is 5.69 Å². The second kappa shape index (κ2) is 14.3. The molecule has 216 valence electrons. The van der Waals surface area contributed by atoms with Gasteiger partial charge in [-0.15, -0.1) is 0 Å². The standard InChI is InChI=1S/C24H20As.C14H7N2O.2H2O/c1-5-13-21(14-6-1)25(22-15-7-2-8-16-22,23-17-9-3-10-18-23)24-19-11-4-12-20-24;15-8-16-9-5-6-11-10-3-1-2-4-12(10)14(17)13(11)7-9;;/h1-20H;1-7H;2*1H2/q+1;-1;;. The van der Waals surface area contributed by atoms with Crippen molar-refractivity contribution >= 4 is 48.4 Å². The first-order valence-electron chi connectivity index (χ1n) is 13.7. The summed E-state index contributed by atoms with van der Waals surface area (Å²) in [6, 6.07) is 58.7. The van der Waals surface area contributed by atoms with Crippen molar-refractivity contribution in [3.63, 3.8) is 0 Å². The van der Waals surface area contributed by atoms with E-state index in [1.54, 1.807) is 18.1 Å². The molecule has 1 aliphatic carbocycles. The van der Waals surface area contributed by atoms with Crippen LogP contribution in [0.2, 0.25) is 0 Å². The molecule has 0 saturated heterocycles. The molecule has 6 aromatic rings. The zero-order valence-corrected chi connectivity index (χ0v) is 25.7. The first-order valence-corrected chi connectivity index (χ1v) is 17.5. The molecule has 0 saturated carbocycles. The number of hydrogen-bond acceptors (Lipinski definition) is 2. The summed E-state index contributed by atoms with van der Waals surface area (Å²) < 4.78 is 5.79. The van der Waals surface area contributed by atoms with E-state index in [0.717, 1.165) is 16.7 Å². The van der Waals surface area contributed by atoms with Gasteiger partial charge in [0.05, 0.1) is 0 Å². The Bertz CT molecular complexity index is 1730. The summed E-state index contributed by atoms with van der Waals surface area (Å²) in [5.74, 6) is 0.00518. The molecule has 6 heteroatoms. The fraction of sp³-hybridized carbons (Fsp3) is 0. The SMILES string of the molecule is O.O.[N-]=C=Nc1ccc2c(c1)C(=O)c1ccccc1-2.c1ccc([As+](c2ccccc2)(c2ccccc2)c2ccccc2)cc1. The van der Waals surface area contributed by atoms with Gasteiger partial charge in [-0.25, -0.2) is 0 Å². The minimum absolute atomic E-state index is 0. The Morgan fingerprint density at radius 2 is 0.818 bits per heavy atom. The summed E-state index contributed by atoms with van der Waals surface area (Å²) in [5, 5.41) is 8.51. The van der Waals surface area contributed by atoms with E-state index in [-0.39, 0.29) is 16.7 Å². The van der Waals surface area contributed by atoms with Gasteiger partial charge in [0, 0.05) is 11.1 Å². The Morgan fingerprint density at radius 3 is 1.23 bits per heavy atom. The monoisotopic (exact) mass is 638 g/mol. The van der Waals surface area contributed by atoms with Gasteiger partial charge in [0.25, 0.3) is 0 Å². The van der Waals surface area contributed by atoms with Crippen molar-refractivity contribution in [1.82, 2.24) is 0 Å². The molecular formula is C38H31AsN2O3. The van der Waals surface area contributed by atoms with Crippen LogP contribution in [0, 0.1) is 0 Å². The van der Waals surface area contributed by atoms with Crippen LogP contribution in [0.1, 0.15) is 15.9 Å². The normalized spacial score (nSPS) is 10.9. The fourth-order valence-corrected chi connectivity index (χ4v) is 14.6. The van der Waals surface area contributed by atoms with E-state index in [1.165, 1.54) is 17.4 Å². The molecule has 0 heterocycles. The van der Waals surface area contributed by atoms with Crippen LogP contribution in [0.25, 0.3) is 16.5 Å². The average Bonchev–Trinajstić information content (AvgIpc) is 3.35. The number of hydrogen-bond donors (Lipinski definition) is 0. The Balaban J connectivity index is 0.000000205. The van der Waals surface area contributed by atoms with Crippen LogP contribution in [0.3, 0.4) is 0 Å². The third-order valence-corrected chi connectivity index (χ3v) is 16.5. The molecule has 1 aliphatic rings. The predicted molar refractivity (Wildman–Crippen MR) is 183 cm³/mol. The van der Waals surface area contributed by atoms with Crippen molar-refractivity contribution in [2.75, 3.05) is 0 Å². The molecule has 4 N–H and O–H groups in total. The van der Waals surface area contributed by atoms with Crippen molar-refractivity contribution in [1.29, 1.82) is 0 Å². The molecule has 0 fully saturated rings. The summed E-state index contributed by atoms with van der Waals surface area (Å²) in [6.07, 6.45) is 0. The van der Waals surface area contributed by atoms with Gasteiger partial charge in [0.1, 0.15) is 0 Å². The topological polar surface area (TPSA) is 115 Å². The fourth-order valence-electron chi connectivity index (χ4n) is 5.64. The van der Waals surface area contributed by atoms with Gasteiger partial charge in [-0.05, 0) is 22.9 Å². The molecule has 0 spiro atoms. The molecule has 44 heavy (non-hydrogen) atoms. The summed E-state index contributed by atoms with van der Waals surface area (Å²) in [5.41, 5.74) is 3.74. The van der Waals surface area contributed by atoms with E-state index in [9.17, 15) is 4.79 Å². The van der Waals surface area contributed by atoms with Crippen LogP contribution >= 0.6 is 0 Å². The number of carbonyl (C=O) groups excluding carboxylic acids is 1. The second-order valence-corrected chi connectivity index (χ2v) is 17.0. The number of benzene rings is 6. The van der Waals surface area contributed by atoms with E-state index >= 15 is 0 Å². The number of aliphatic imine (C=N–C) groups is 1. The van der Waals surface area contributed by atoms with Crippen molar-refractivity contribution in [2.24, 2.45) is 4.99 Å². The molecule has 0 bridgehead atoms. The first kappa shape index (κ1) is 31.8. The third kappa shape index (κ3) is 5.87. The van der Waals surface area contributed by atoms with E-state index in [1.807, 2.05) is 30.3 Å².